The molecule has 0 radical (unpaired) electrons. The van der Waals surface area contributed by atoms with E-state index in [0.29, 0.717) is 24.3 Å². The minimum absolute atomic E-state index is 0.188. The van der Waals surface area contributed by atoms with E-state index in [1.165, 1.54) is 12.8 Å². The number of aromatic nitrogens is 2. The molecule has 0 spiro atoms. The molecule has 1 amide bonds. The van der Waals surface area contributed by atoms with E-state index in [0.717, 1.165) is 27.9 Å². The van der Waals surface area contributed by atoms with Gasteiger partial charge in [-0.2, -0.15) is 5.10 Å². The molecule has 1 aliphatic carbocycles. The first-order chi connectivity index (χ1) is 11.0. The second-order valence-electron chi connectivity index (χ2n) is 6.92. The van der Waals surface area contributed by atoms with E-state index >= 15 is 0 Å². The van der Waals surface area contributed by atoms with Gasteiger partial charge in [0.15, 0.2) is 0 Å². The summed E-state index contributed by atoms with van der Waals surface area (Å²) >= 11 is 0. The highest BCUT2D eigenvalue weighted by molar-refractivity contribution is 6.00. The molecule has 0 bridgehead atoms. The van der Waals surface area contributed by atoms with Crippen LogP contribution >= 0.6 is 0 Å². The zero-order valence-corrected chi connectivity index (χ0v) is 13.8. The number of carbonyl (C=O) groups is 1. The number of aryl methyl sites for hydroxylation is 2. The second-order valence-corrected chi connectivity index (χ2v) is 6.92. The Hall–Kier alpha value is -2.30. The Kier molecular flexibility index (Phi) is 3.01. The standard InChI is InChI=1S/C18H22N4O/c1-10-6-13(15-8-16(19)20-21(15)3)7-14-9-22(18(23)17(10)14)11(2)12-4-5-12/h6-8,11-12H,4-5,9H2,1-3H3,(H2,19,20)/t11-/m0/s1. The third-order valence-electron chi connectivity index (χ3n) is 5.22. The summed E-state index contributed by atoms with van der Waals surface area (Å²) in [7, 11) is 1.89. The Morgan fingerprint density at radius 2 is 2.04 bits per heavy atom. The van der Waals surface area contributed by atoms with Crippen LogP contribution in [0.25, 0.3) is 11.3 Å². The lowest BCUT2D eigenvalue weighted by molar-refractivity contribution is 0.0697. The van der Waals surface area contributed by atoms with Gasteiger partial charge < -0.3 is 10.6 Å². The minimum Gasteiger partial charge on any atom is -0.382 e. The number of amides is 1. The fourth-order valence-electron chi connectivity index (χ4n) is 3.76. The molecule has 1 saturated carbocycles. The fraction of sp³-hybridized carbons (Fsp3) is 0.444. The summed E-state index contributed by atoms with van der Waals surface area (Å²) in [6.45, 7) is 4.92. The van der Waals surface area contributed by atoms with Gasteiger partial charge in [0.2, 0.25) is 0 Å². The van der Waals surface area contributed by atoms with Crippen molar-refractivity contribution in [2.75, 3.05) is 5.73 Å². The van der Waals surface area contributed by atoms with Crippen LogP contribution in [0.2, 0.25) is 0 Å². The van der Waals surface area contributed by atoms with Gasteiger partial charge >= 0.3 is 0 Å². The van der Waals surface area contributed by atoms with Crippen LogP contribution in [0.15, 0.2) is 18.2 Å². The van der Waals surface area contributed by atoms with Crippen LogP contribution < -0.4 is 5.73 Å². The summed E-state index contributed by atoms with van der Waals surface area (Å²) < 4.78 is 1.79. The predicted molar refractivity (Wildman–Crippen MR) is 89.9 cm³/mol. The molecule has 0 saturated heterocycles. The molecule has 1 aromatic heterocycles. The number of benzene rings is 1. The number of fused-ring (bicyclic) bond motifs is 1. The molecule has 1 atom stereocenters. The summed E-state index contributed by atoms with van der Waals surface area (Å²) in [5.74, 6) is 1.39. The number of nitrogens with zero attached hydrogens (tertiary/aromatic N) is 3. The molecule has 2 aromatic rings. The van der Waals surface area contributed by atoms with Gasteiger partial charge in [-0.1, -0.05) is 0 Å². The largest absolute Gasteiger partial charge is 0.382 e. The van der Waals surface area contributed by atoms with E-state index < -0.39 is 0 Å². The summed E-state index contributed by atoms with van der Waals surface area (Å²) in [6, 6.07) is 6.40. The van der Waals surface area contributed by atoms with E-state index in [1.54, 1.807) is 4.68 Å². The van der Waals surface area contributed by atoms with Crippen molar-refractivity contribution in [2.45, 2.75) is 39.3 Å². The van der Waals surface area contributed by atoms with E-state index in [1.807, 2.05) is 24.9 Å². The Labute approximate surface area is 136 Å². The van der Waals surface area contributed by atoms with Gasteiger partial charge in [0.05, 0.1) is 5.69 Å². The third kappa shape index (κ3) is 2.22. The predicted octanol–water partition coefficient (Wildman–Crippen LogP) is 2.73. The Morgan fingerprint density at radius 1 is 1.30 bits per heavy atom. The third-order valence-corrected chi connectivity index (χ3v) is 5.22. The average molecular weight is 310 g/mol. The number of nitrogen functional groups attached to an aromatic ring is 1. The first-order valence-electron chi connectivity index (χ1n) is 8.20. The maximum atomic E-state index is 12.8. The molecule has 4 rings (SSSR count). The van der Waals surface area contributed by atoms with Gasteiger partial charge in [-0.3, -0.25) is 9.48 Å². The molecule has 5 heteroatoms. The van der Waals surface area contributed by atoms with Crippen LogP contribution in [0, 0.1) is 12.8 Å². The molecule has 120 valence electrons. The highest BCUT2D eigenvalue weighted by Gasteiger charge is 2.39. The molecule has 23 heavy (non-hydrogen) atoms. The van der Waals surface area contributed by atoms with Gasteiger partial charge in [-0.15, -0.1) is 0 Å². The Morgan fingerprint density at radius 3 is 2.65 bits per heavy atom. The highest BCUT2D eigenvalue weighted by atomic mass is 16.2. The number of hydrogen-bond donors (Lipinski definition) is 1. The molecule has 1 aliphatic heterocycles. The zero-order chi connectivity index (χ0) is 16.3. The molecule has 0 unspecified atom stereocenters. The number of anilines is 1. The summed E-state index contributed by atoms with van der Waals surface area (Å²) in [5, 5.41) is 4.22. The van der Waals surface area contributed by atoms with Gasteiger partial charge in [0.1, 0.15) is 5.82 Å². The lowest BCUT2D eigenvalue weighted by atomic mass is 9.99. The van der Waals surface area contributed by atoms with Crippen molar-refractivity contribution in [3.05, 3.63) is 34.9 Å². The normalized spacial score (nSPS) is 18.4. The van der Waals surface area contributed by atoms with Gasteiger partial charge in [-0.25, -0.2) is 0 Å². The van der Waals surface area contributed by atoms with E-state index in [9.17, 15) is 4.79 Å². The fourth-order valence-corrected chi connectivity index (χ4v) is 3.76. The second kappa shape index (κ2) is 4.85. The summed E-state index contributed by atoms with van der Waals surface area (Å²) in [6.07, 6.45) is 2.50. The first-order valence-corrected chi connectivity index (χ1v) is 8.20. The molecule has 2 aliphatic rings. The van der Waals surface area contributed by atoms with Gasteiger partial charge in [0, 0.05) is 36.8 Å². The maximum absolute atomic E-state index is 12.8. The van der Waals surface area contributed by atoms with E-state index in [-0.39, 0.29) is 5.91 Å². The minimum atomic E-state index is 0.188. The molecule has 1 fully saturated rings. The van der Waals surface area contributed by atoms with Crippen LogP contribution in [0.4, 0.5) is 5.82 Å². The lowest BCUT2D eigenvalue weighted by Gasteiger charge is -2.24. The Balaban J connectivity index is 1.74. The quantitative estimate of drug-likeness (QED) is 0.948. The summed E-state index contributed by atoms with van der Waals surface area (Å²) in [5.41, 5.74) is 10.9. The SMILES string of the molecule is Cc1cc(-c2cc(N)nn2C)cc2c1C(=O)N([C@@H](C)C1CC1)C2. The van der Waals surface area contributed by atoms with Crippen LogP contribution in [-0.2, 0) is 13.6 Å². The number of hydrogen-bond acceptors (Lipinski definition) is 3. The first kappa shape index (κ1) is 14.3. The molecule has 5 nitrogen and oxygen atoms in total. The van der Waals surface area contributed by atoms with E-state index in [2.05, 4.69) is 24.2 Å². The number of rotatable bonds is 3. The number of nitrogens with two attached hydrogens (primary N) is 1. The molecular weight excluding hydrogens is 288 g/mol. The Bertz CT molecular complexity index is 804. The van der Waals surface area contributed by atoms with Crippen LogP contribution in [0.3, 0.4) is 0 Å². The van der Waals surface area contributed by atoms with Crippen molar-refractivity contribution >= 4 is 11.7 Å². The van der Waals surface area contributed by atoms with Crippen LogP contribution in [0.1, 0.15) is 41.3 Å². The van der Waals surface area contributed by atoms with Crippen LogP contribution in [-0.4, -0.2) is 26.6 Å². The smallest absolute Gasteiger partial charge is 0.255 e. The van der Waals surface area contributed by atoms with Crippen molar-refractivity contribution in [2.24, 2.45) is 13.0 Å². The number of carbonyl (C=O) groups excluding carboxylic acids is 1. The van der Waals surface area contributed by atoms with E-state index in [4.69, 9.17) is 5.73 Å². The van der Waals surface area contributed by atoms with Crippen molar-refractivity contribution in [1.82, 2.24) is 14.7 Å². The highest BCUT2D eigenvalue weighted by Crippen LogP contribution is 2.39. The average Bonchev–Trinajstić information content (AvgIpc) is 3.21. The summed E-state index contributed by atoms with van der Waals surface area (Å²) in [4.78, 5) is 14.8. The van der Waals surface area contributed by atoms with Crippen molar-refractivity contribution in [3.8, 4) is 11.3 Å². The maximum Gasteiger partial charge on any atom is 0.255 e. The van der Waals surface area contributed by atoms with Crippen molar-refractivity contribution in [1.29, 1.82) is 0 Å². The zero-order valence-electron chi connectivity index (χ0n) is 13.8. The van der Waals surface area contributed by atoms with Gasteiger partial charge in [-0.05, 0) is 55.9 Å². The molecule has 2 heterocycles. The lowest BCUT2D eigenvalue weighted by Crippen LogP contribution is -2.34. The molecule has 1 aromatic carbocycles. The van der Waals surface area contributed by atoms with Crippen molar-refractivity contribution < 1.29 is 4.79 Å². The molecular formula is C18H22N4O. The van der Waals surface area contributed by atoms with Gasteiger partial charge in [0.25, 0.3) is 5.91 Å². The molecule has 2 N–H and O–H groups in total. The topological polar surface area (TPSA) is 64.1 Å². The monoisotopic (exact) mass is 310 g/mol. The van der Waals surface area contributed by atoms with Crippen LogP contribution in [0.5, 0.6) is 0 Å². The van der Waals surface area contributed by atoms with Crippen molar-refractivity contribution in [3.63, 3.8) is 0 Å².